The number of rotatable bonds is 5. The van der Waals surface area contributed by atoms with Gasteiger partial charge in [0, 0.05) is 32.3 Å². The van der Waals surface area contributed by atoms with Crippen molar-refractivity contribution >= 4 is 17.4 Å². The first-order chi connectivity index (χ1) is 8.67. The third-order valence-corrected chi connectivity index (χ3v) is 3.84. The molecule has 1 aliphatic rings. The monoisotopic (exact) mass is 271 g/mol. The molecule has 2 rings (SSSR count). The molecule has 1 aromatic heterocycles. The van der Waals surface area contributed by atoms with Crippen molar-refractivity contribution in [3.8, 4) is 0 Å². The van der Waals surface area contributed by atoms with Gasteiger partial charge in [-0.15, -0.1) is 11.6 Å². The van der Waals surface area contributed by atoms with Crippen molar-refractivity contribution in [3.05, 3.63) is 11.3 Å². The smallest absolute Gasteiger partial charge is 0.131 e. The van der Waals surface area contributed by atoms with Crippen LogP contribution in [0.2, 0.25) is 0 Å². The van der Waals surface area contributed by atoms with E-state index in [-0.39, 0.29) is 0 Å². The van der Waals surface area contributed by atoms with E-state index >= 15 is 0 Å². The van der Waals surface area contributed by atoms with Gasteiger partial charge in [0.1, 0.15) is 5.82 Å². The van der Waals surface area contributed by atoms with E-state index in [9.17, 15) is 0 Å². The van der Waals surface area contributed by atoms with Crippen molar-refractivity contribution < 1.29 is 4.74 Å². The highest BCUT2D eigenvalue weighted by atomic mass is 35.5. The van der Waals surface area contributed by atoms with Gasteiger partial charge in [0.2, 0.25) is 0 Å². The Hall–Kier alpha value is -0.740. The number of hydrogen-bond donors (Lipinski definition) is 0. The van der Waals surface area contributed by atoms with Gasteiger partial charge in [0.05, 0.1) is 17.7 Å². The van der Waals surface area contributed by atoms with Crippen LogP contribution in [-0.4, -0.2) is 35.6 Å². The maximum absolute atomic E-state index is 6.06. The van der Waals surface area contributed by atoms with Crippen LogP contribution in [0, 0.1) is 6.92 Å². The summed E-state index contributed by atoms with van der Waals surface area (Å²) in [6.07, 6.45) is 2.68. The molecule has 1 atom stereocenters. The van der Waals surface area contributed by atoms with Gasteiger partial charge in [0.15, 0.2) is 0 Å². The SMILES string of the molecule is CCN(CC1CCCO1)c1c(CCl)c(C)nn1C. The summed E-state index contributed by atoms with van der Waals surface area (Å²) < 4.78 is 7.66. The van der Waals surface area contributed by atoms with E-state index in [1.165, 1.54) is 6.42 Å². The molecule has 1 fully saturated rings. The van der Waals surface area contributed by atoms with Crippen LogP contribution in [0.25, 0.3) is 0 Å². The van der Waals surface area contributed by atoms with Gasteiger partial charge in [-0.3, -0.25) is 4.68 Å². The number of ether oxygens (including phenoxy) is 1. The van der Waals surface area contributed by atoms with Crippen molar-refractivity contribution in [2.45, 2.75) is 38.7 Å². The fourth-order valence-corrected chi connectivity index (χ4v) is 2.95. The van der Waals surface area contributed by atoms with E-state index in [0.29, 0.717) is 12.0 Å². The highest BCUT2D eigenvalue weighted by Crippen LogP contribution is 2.26. The molecule has 5 heteroatoms. The Labute approximate surface area is 114 Å². The van der Waals surface area contributed by atoms with Crippen LogP contribution in [0.3, 0.4) is 0 Å². The summed E-state index contributed by atoms with van der Waals surface area (Å²) in [6.45, 7) is 6.95. The second-order valence-corrected chi connectivity index (χ2v) is 5.09. The highest BCUT2D eigenvalue weighted by Gasteiger charge is 2.23. The first-order valence-electron chi connectivity index (χ1n) is 6.62. The Morgan fingerprint density at radius 3 is 2.89 bits per heavy atom. The van der Waals surface area contributed by atoms with Crippen LogP contribution in [0.15, 0.2) is 0 Å². The number of likely N-dealkylation sites (N-methyl/N-ethyl adjacent to an activating group) is 1. The number of aromatic nitrogens is 2. The van der Waals surface area contributed by atoms with Crippen LogP contribution < -0.4 is 4.90 Å². The fourth-order valence-electron chi connectivity index (χ4n) is 2.64. The molecular formula is C13H22ClN3O. The summed E-state index contributed by atoms with van der Waals surface area (Å²) in [5, 5.41) is 4.48. The van der Waals surface area contributed by atoms with Crippen molar-refractivity contribution in [1.29, 1.82) is 0 Å². The van der Waals surface area contributed by atoms with Gasteiger partial charge in [-0.2, -0.15) is 5.10 Å². The normalized spacial score (nSPS) is 19.4. The third-order valence-electron chi connectivity index (χ3n) is 3.58. The summed E-state index contributed by atoms with van der Waals surface area (Å²) in [5.74, 6) is 1.65. The lowest BCUT2D eigenvalue weighted by Crippen LogP contribution is -2.34. The minimum atomic E-state index is 0.350. The predicted octanol–water partition coefficient (Wildman–Crippen LogP) is 2.47. The standard InChI is InChI=1S/C13H22ClN3O/c1-4-17(9-11-6-5-7-18-11)13-12(8-14)10(2)15-16(13)3/h11H,4-9H2,1-3H3. The minimum Gasteiger partial charge on any atom is -0.376 e. The molecule has 1 aromatic rings. The average molecular weight is 272 g/mol. The molecule has 0 N–H and O–H groups in total. The second-order valence-electron chi connectivity index (χ2n) is 4.82. The van der Waals surface area contributed by atoms with E-state index in [1.54, 1.807) is 0 Å². The molecular weight excluding hydrogens is 250 g/mol. The minimum absolute atomic E-state index is 0.350. The van der Waals surface area contributed by atoms with Crippen molar-refractivity contribution in [2.75, 3.05) is 24.6 Å². The van der Waals surface area contributed by atoms with Crippen LogP contribution in [0.1, 0.15) is 31.0 Å². The average Bonchev–Trinajstić information content (AvgIpc) is 2.94. The molecule has 0 amide bonds. The van der Waals surface area contributed by atoms with E-state index in [4.69, 9.17) is 16.3 Å². The van der Waals surface area contributed by atoms with Gasteiger partial charge in [-0.25, -0.2) is 0 Å². The molecule has 1 unspecified atom stereocenters. The molecule has 0 saturated carbocycles. The fraction of sp³-hybridized carbons (Fsp3) is 0.769. The van der Waals surface area contributed by atoms with Crippen molar-refractivity contribution in [2.24, 2.45) is 7.05 Å². The molecule has 18 heavy (non-hydrogen) atoms. The molecule has 0 radical (unpaired) electrons. The lowest BCUT2D eigenvalue weighted by molar-refractivity contribution is 0.115. The molecule has 0 aliphatic carbocycles. The van der Waals surface area contributed by atoms with Gasteiger partial charge in [-0.05, 0) is 26.7 Å². The Balaban J connectivity index is 2.20. The Morgan fingerprint density at radius 1 is 1.56 bits per heavy atom. The van der Waals surface area contributed by atoms with Gasteiger partial charge in [0.25, 0.3) is 0 Å². The molecule has 102 valence electrons. The molecule has 1 saturated heterocycles. The largest absolute Gasteiger partial charge is 0.376 e. The van der Waals surface area contributed by atoms with E-state index < -0.39 is 0 Å². The maximum atomic E-state index is 6.06. The van der Waals surface area contributed by atoms with Crippen LogP contribution >= 0.6 is 11.6 Å². The predicted molar refractivity (Wildman–Crippen MR) is 74.4 cm³/mol. The molecule has 0 aromatic carbocycles. The topological polar surface area (TPSA) is 30.3 Å². The first kappa shape index (κ1) is 13.7. The second kappa shape index (κ2) is 5.93. The van der Waals surface area contributed by atoms with E-state index in [2.05, 4.69) is 16.9 Å². The van der Waals surface area contributed by atoms with Gasteiger partial charge in [-0.1, -0.05) is 0 Å². The van der Waals surface area contributed by atoms with Crippen molar-refractivity contribution in [1.82, 2.24) is 9.78 Å². The lowest BCUT2D eigenvalue weighted by Gasteiger charge is -2.26. The van der Waals surface area contributed by atoms with Gasteiger partial charge >= 0.3 is 0 Å². The third kappa shape index (κ3) is 2.64. The lowest BCUT2D eigenvalue weighted by atomic mass is 10.2. The molecule has 0 bridgehead atoms. The molecule has 1 aliphatic heterocycles. The summed E-state index contributed by atoms with van der Waals surface area (Å²) in [5.41, 5.74) is 2.16. The van der Waals surface area contributed by atoms with Crippen molar-refractivity contribution in [3.63, 3.8) is 0 Å². The number of aryl methyl sites for hydroxylation is 2. The first-order valence-corrected chi connectivity index (χ1v) is 7.15. The summed E-state index contributed by atoms with van der Waals surface area (Å²) in [7, 11) is 1.98. The van der Waals surface area contributed by atoms with E-state index in [1.807, 2.05) is 18.7 Å². The molecule has 4 nitrogen and oxygen atoms in total. The van der Waals surface area contributed by atoms with Crippen LogP contribution in [0.5, 0.6) is 0 Å². The zero-order valence-electron chi connectivity index (χ0n) is 11.4. The Kier molecular flexibility index (Phi) is 4.51. The number of halogens is 1. The molecule has 2 heterocycles. The number of alkyl halides is 1. The summed E-state index contributed by atoms with van der Waals surface area (Å²) >= 11 is 6.06. The zero-order valence-corrected chi connectivity index (χ0v) is 12.2. The molecule has 0 spiro atoms. The maximum Gasteiger partial charge on any atom is 0.131 e. The zero-order chi connectivity index (χ0) is 13.1. The van der Waals surface area contributed by atoms with Crippen LogP contribution in [0.4, 0.5) is 5.82 Å². The van der Waals surface area contributed by atoms with Crippen LogP contribution in [-0.2, 0) is 17.7 Å². The van der Waals surface area contributed by atoms with Gasteiger partial charge < -0.3 is 9.64 Å². The van der Waals surface area contributed by atoms with E-state index in [0.717, 1.165) is 43.2 Å². The quantitative estimate of drug-likeness (QED) is 0.771. The number of anilines is 1. The number of hydrogen-bond acceptors (Lipinski definition) is 3. The summed E-state index contributed by atoms with van der Waals surface area (Å²) in [6, 6.07) is 0. The number of nitrogens with zero attached hydrogens (tertiary/aromatic N) is 3. The Bertz CT molecular complexity index is 399. The Morgan fingerprint density at radius 2 is 2.33 bits per heavy atom. The summed E-state index contributed by atoms with van der Waals surface area (Å²) in [4.78, 5) is 2.33. The highest BCUT2D eigenvalue weighted by molar-refractivity contribution is 6.17.